The van der Waals surface area contributed by atoms with Gasteiger partial charge in [0.05, 0.1) is 11.4 Å². The van der Waals surface area contributed by atoms with E-state index in [4.69, 9.17) is 5.73 Å². The van der Waals surface area contributed by atoms with E-state index in [-0.39, 0.29) is 0 Å². The van der Waals surface area contributed by atoms with Crippen LogP contribution in [0.1, 0.15) is 36.6 Å². The predicted octanol–water partition coefficient (Wildman–Crippen LogP) is 2.72. The SMILES string of the molecule is CSc1cccc(-n2nnc(CN)c2C2CCC2)c1. The number of thioether (sulfide) groups is 1. The fraction of sp³-hybridized carbons (Fsp3) is 0.429. The molecule has 0 spiro atoms. The Labute approximate surface area is 117 Å². The zero-order valence-corrected chi connectivity index (χ0v) is 11.9. The Bertz CT molecular complexity index is 575. The Morgan fingerprint density at radius 3 is 2.89 bits per heavy atom. The molecule has 1 aromatic heterocycles. The molecule has 0 amide bonds. The Hall–Kier alpha value is -1.33. The molecule has 1 heterocycles. The zero-order valence-electron chi connectivity index (χ0n) is 11.0. The van der Waals surface area contributed by atoms with Gasteiger partial charge in [0.15, 0.2) is 0 Å². The van der Waals surface area contributed by atoms with E-state index in [0.717, 1.165) is 11.4 Å². The summed E-state index contributed by atoms with van der Waals surface area (Å²) in [5.74, 6) is 0.575. The van der Waals surface area contributed by atoms with Gasteiger partial charge >= 0.3 is 0 Å². The van der Waals surface area contributed by atoms with Gasteiger partial charge in [-0.15, -0.1) is 16.9 Å². The van der Waals surface area contributed by atoms with Crippen LogP contribution >= 0.6 is 11.8 Å². The minimum Gasteiger partial charge on any atom is -0.325 e. The van der Waals surface area contributed by atoms with E-state index in [1.165, 1.54) is 29.9 Å². The van der Waals surface area contributed by atoms with Crippen molar-refractivity contribution in [2.45, 2.75) is 36.6 Å². The molecule has 19 heavy (non-hydrogen) atoms. The molecule has 5 heteroatoms. The second-order valence-corrected chi connectivity index (χ2v) is 5.75. The molecule has 1 aliphatic carbocycles. The van der Waals surface area contributed by atoms with Crippen molar-refractivity contribution in [1.82, 2.24) is 15.0 Å². The van der Waals surface area contributed by atoms with Crippen molar-refractivity contribution in [1.29, 1.82) is 0 Å². The van der Waals surface area contributed by atoms with E-state index >= 15 is 0 Å². The van der Waals surface area contributed by atoms with Crippen LogP contribution in [0.25, 0.3) is 5.69 Å². The number of hydrogen-bond acceptors (Lipinski definition) is 4. The Kier molecular flexibility index (Phi) is 3.57. The molecule has 0 saturated heterocycles. The first-order chi connectivity index (χ1) is 9.33. The van der Waals surface area contributed by atoms with Gasteiger partial charge in [-0.05, 0) is 37.3 Å². The molecular weight excluding hydrogens is 256 g/mol. The van der Waals surface area contributed by atoms with Crippen LogP contribution in [0.2, 0.25) is 0 Å². The first-order valence-electron chi connectivity index (χ1n) is 6.62. The van der Waals surface area contributed by atoms with Crippen molar-refractivity contribution in [2.75, 3.05) is 6.26 Å². The lowest BCUT2D eigenvalue weighted by Gasteiger charge is -2.26. The molecule has 3 rings (SSSR count). The minimum atomic E-state index is 0.466. The molecule has 0 unspecified atom stereocenters. The molecule has 2 N–H and O–H groups in total. The Morgan fingerprint density at radius 2 is 2.26 bits per heavy atom. The van der Waals surface area contributed by atoms with Gasteiger partial charge in [0.2, 0.25) is 0 Å². The molecule has 1 fully saturated rings. The average Bonchev–Trinajstić information content (AvgIpc) is 2.80. The molecule has 1 aromatic carbocycles. The highest BCUT2D eigenvalue weighted by Crippen LogP contribution is 2.38. The van der Waals surface area contributed by atoms with Gasteiger partial charge < -0.3 is 5.73 Å². The molecule has 0 aliphatic heterocycles. The second-order valence-electron chi connectivity index (χ2n) is 4.87. The smallest absolute Gasteiger partial charge is 0.100 e. The van der Waals surface area contributed by atoms with E-state index in [2.05, 4.69) is 40.8 Å². The topological polar surface area (TPSA) is 56.7 Å². The molecule has 1 aliphatic rings. The van der Waals surface area contributed by atoms with Gasteiger partial charge in [-0.1, -0.05) is 17.7 Å². The lowest BCUT2D eigenvalue weighted by atomic mass is 9.82. The predicted molar refractivity (Wildman–Crippen MR) is 77.6 cm³/mol. The van der Waals surface area contributed by atoms with Crippen LogP contribution in [0, 0.1) is 0 Å². The van der Waals surface area contributed by atoms with Gasteiger partial charge in [0.25, 0.3) is 0 Å². The number of aromatic nitrogens is 3. The maximum Gasteiger partial charge on any atom is 0.100 e. The van der Waals surface area contributed by atoms with Gasteiger partial charge in [-0.25, -0.2) is 4.68 Å². The first kappa shape index (κ1) is 12.7. The average molecular weight is 274 g/mol. The maximum absolute atomic E-state index is 5.79. The molecule has 1 saturated carbocycles. The lowest BCUT2D eigenvalue weighted by Crippen LogP contribution is -2.17. The summed E-state index contributed by atoms with van der Waals surface area (Å²) in [6, 6.07) is 8.41. The van der Waals surface area contributed by atoms with Crippen LogP contribution in [0.4, 0.5) is 0 Å². The zero-order chi connectivity index (χ0) is 13.2. The van der Waals surface area contributed by atoms with Crippen LogP contribution in [-0.2, 0) is 6.54 Å². The first-order valence-corrected chi connectivity index (χ1v) is 7.85. The summed E-state index contributed by atoms with van der Waals surface area (Å²) in [4.78, 5) is 1.24. The van der Waals surface area contributed by atoms with Crippen LogP contribution in [0.3, 0.4) is 0 Å². The molecule has 2 aromatic rings. The third-order valence-electron chi connectivity index (χ3n) is 3.76. The molecule has 4 nitrogen and oxygen atoms in total. The summed E-state index contributed by atoms with van der Waals surface area (Å²) in [5.41, 5.74) is 9.04. The van der Waals surface area contributed by atoms with Crippen molar-refractivity contribution in [3.63, 3.8) is 0 Å². The number of nitrogens with zero attached hydrogens (tertiary/aromatic N) is 3. The van der Waals surface area contributed by atoms with Crippen molar-refractivity contribution in [2.24, 2.45) is 5.73 Å². The summed E-state index contributed by atoms with van der Waals surface area (Å²) in [5, 5.41) is 8.56. The maximum atomic E-state index is 5.79. The molecular formula is C14H18N4S. The van der Waals surface area contributed by atoms with Crippen LogP contribution < -0.4 is 5.73 Å². The summed E-state index contributed by atoms with van der Waals surface area (Å²) >= 11 is 1.74. The van der Waals surface area contributed by atoms with Crippen molar-refractivity contribution in [3.05, 3.63) is 35.7 Å². The van der Waals surface area contributed by atoms with Crippen LogP contribution in [0.15, 0.2) is 29.2 Å². The van der Waals surface area contributed by atoms with Gasteiger partial charge in [-0.2, -0.15) is 0 Å². The fourth-order valence-corrected chi connectivity index (χ4v) is 2.94. The number of nitrogens with two attached hydrogens (primary N) is 1. The molecule has 100 valence electrons. The standard InChI is InChI=1S/C14H18N4S/c1-19-12-7-3-6-11(8-12)18-14(10-4-2-5-10)13(9-15)16-17-18/h3,6-8,10H,2,4-5,9,15H2,1H3. The van der Waals surface area contributed by atoms with Gasteiger partial charge in [-0.3, -0.25) is 0 Å². The molecule has 0 bridgehead atoms. The van der Waals surface area contributed by atoms with E-state index in [1.807, 2.05) is 4.68 Å². The van der Waals surface area contributed by atoms with E-state index in [9.17, 15) is 0 Å². The van der Waals surface area contributed by atoms with E-state index < -0.39 is 0 Å². The summed E-state index contributed by atoms with van der Waals surface area (Å²) < 4.78 is 1.98. The number of rotatable bonds is 4. The second kappa shape index (κ2) is 5.35. The highest BCUT2D eigenvalue weighted by molar-refractivity contribution is 7.98. The molecule has 0 radical (unpaired) electrons. The summed E-state index contributed by atoms with van der Waals surface area (Å²) in [6.45, 7) is 0.466. The third kappa shape index (κ3) is 2.28. The van der Waals surface area contributed by atoms with Gasteiger partial charge in [0.1, 0.15) is 5.69 Å². The van der Waals surface area contributed by atoms with Crippen LogP contribution in [-0.4, -0.2) is 21.2 Å². The highest BCUT2D eigenvalue weighted by Gasteiger charge is 2.27. The number of benzene rings is 1. The van der Waals surface area contributed by atoms with Crippen molar-refractivity contribution < 1.29 is 0 Å². The summed E-state index contributed by atoms with van der Waals surface area (Å²) in [6.07, 6.45) is 5.83. The molecule has 0 atom stereocenters. The quantitative estimate of drug-likeness (QED) is 0.871. The Morgan fingerprint density at radius 1 is 1.42 bits per heavy atom. The number of hydrogen-bond donors (Lipinski definition) is 1. The Balaban J connectivity index is 2.05. The van der Waals surface area contributed by atoms with E-state index in [1.54, 1.807) is 11.8 Å². The lowest BCUT2D eigenvalue weighted by molar-refractivity contribution is 0.401. The third-order valence-corrected chi connectivity index (χ3v) is 4.49. The monoisotopic (exact) mass is 274 g/mol. The normalized spacial score (nSPS) is 15.5. The highest BCUT2D eigenvalue weighted by atomic mass is 32.2. The summed E-state index contributed by atoms with van der Waals surface area (Å²) in [7, 11) is 0. The largest absolute Gasteiger partial charge is 0.325 e. The van der Waals surface area contributed by atoms with Gasteiger partial charge in [0, 0.05) is 17.4 Å². The van der Waals surface area contributed by atoms with E-state index in [0.29, 0.717) is 12.5 Å². The fourth-order valence-electron chi connectivity index (χ4n) is 2.49. The van der Waals surface area contributed by atoms with Crippen molar-refractivity contribution in [3.8, 4) is 5.69 Å². The minimum absolute atomic E-state index is 0.466. The van der Waals surface area contributed by atoms with Crippen LogP contribution in [0.5, 0.6) is 0 Å². The van der Waals surface area contributed by atoms with Crippen molar-refractivity contribution >= 4 is 11.8 Å².